The molecule has 1 N–H and O–H groups in total. The third-order valence-corrected chi connectivity index (χ3v) is 8.40. The topological polar surface area (TPSA) is 41.9 Å². The Morgan fingerprint density at radius 3 is 2.88 bits per heavy atom. The maximum Gasteiger partial charge on any atom is 0.165 e. The maximum absolute atomic E-state index is 12.2. The number of ether oxygens (including phenoxy) is 2. The normalized spacial score (nSPS) is 40.5. The number of rotatable bonds is 3. The number of piperidine rings is 1. The van der Waals surface area contributed by atoms with Crippen LogP contribution in [0, 0.1) is 5.92 Å². The van der Waals surface area contributed by atoms with Crippen LogP contribution in [0.2, 0.25) is 0 Å². The summed E-state index contributed by atoms with van der Waals surface area (Å²) in [5.74, 6) is 2.62. The highest BCUT2D eigenvalue weighted by atomic mass is 16.5. The lowest BCUT2D eigenvalue weighted by Gasteiger charge is -2.63. The lowest BCUT2D eigenvalue weighted by molar-refractivity contribution is -0.187. The van der Waals surface area contributed by atoms with Gasteiger partial charge in [0.1, 0.15) is 6.10 Å². The van der Waals surface area contributed by atoms with Gasteiger partial charge in [-0.05, 0) is 69.0 Å². The molecule has 3 aliphatic carbocycles. The van der Waals surface area contributed by atoms with Crippen LogP contribution in [0.15, 0.2) is 12.1 Å². The second-order valence-corrected chi connectivity index (χ2v) is 9.29. The zero-order valence-corrected chi connectivity index (χ0v) is 15.7. The van der Waals surface area contributed by atoms with Crippen molar-refractivity contribution in [1.29, 1.82) is 0 Å². The standard InChI is InChI=1S/C22H29NO3/c1-25-16-8-7-15-12-17-22(24)9-3-6-18-21(22,19(15)20(16)26-18)10-11-23(17)13-14-4-2-5-14/h7-8,14,17-18,24H,2-6,9-13H2,1H3/t17-,18?,21?,22-/m0/s1. The zero-order chi connectivity index (χ0) is 17.5. The Kier molecular flexibility index (Phi) is 3.13. The Labute approximate surface area is 155 Å². The summed E-state index contributed by atoms with van der Waals surface area (Å²) in [6.45, 7) is 2.27. The quantitative estimate of drug-likeness (QED) is 0.905. The molecule has 140 valence electrons. The van der Waals surface area contributed by atoms with Gasteiger partial charge < -0.3 is 14.6 Å². The number of benzene rings is 1. The molecule has 2 bridgehead atoms. The van der Waals surface area contributed by atoms with Crippen LogP contribution in [0.5, 0.6) is 11.5 Å². The fourth-order valence-corrected chi connectivity index (χ4v) is 7.00. The third kappa shape index (κ3) is 1.69. The molecule has 1 aromatic rings. The van der Waals surface area contributed by atoms with Crippen molar-refractivity contribution in [2.45, 2.75) is 74.5 Å². The summed E-state index contributed by atoms with van der Waals surface area (Å²) in [5, 5.41) is 12.2. The van der Waals surface area contributed by atoms with Gasteiger partial charge in [0, 0.05) is 18.2 Å². The molecule has 2 unspecified atom stereocenters. The van der Waals surface area contributed by atoms with Crippen molar-refractivity contribution >= 4 is 0 Å². The van der Waals surface area contributed by atoms with Crippen LogP contribution in [-0.4, -0.2) is 48.0 Å². The maximum atomic E-state index is 12.2. The molecule has 1 aromatic carbocycles. The summed E-state index contributed by atoms with van der Waals surface area (Å²) < 4.78 is 12.1. The van der Waals surface area contributed by atoms with Crippen molar-refractivity contribution in [2.75, 3.05) is 20.2 Å². The SMILES string of the molecule is COc1ccc2c3c1OC1CCC[C@]4(O)[C@H](C2)N(CC2CCC2)CCC314. The minimum Gasteiger partial charge on any atom is -0.493 e. The fraction of sp³-hybridized carbons (Fsp3) is 0.727. The molecule has 2 saturated carbocycles. The average molecular weight is 355 g/mol. The third-order valence-electron chi connectivity index (χ3n) is 8.40. The van der Waals surface area contributed by atoms with E-state index in [1.165, 1.54) is 36.9 Å². The lowest BCUT2D eigenvalue weighted by atomic mass is 9.49. The molecule has 1 saturated heterocycles. The van der Waals surface area contributed by atoms with Gasteiger partial charge in [-0.1, -0.05) is 12.5 Å². The smallest absolute Gasteiger partial charge is 0.165 e. The van der Waals surface area contributed by atoms with Crippen LogP contribution in [0.3, 0.4) is 0 Å². The average Bonchev–Trinajstić information content (AvgIpc) is 2.93. The number of likely N-dealkylation sites (tertiary alicyclic amines) is 1. The molecular formula is C22H29NO3. The highest BCUT2D eigenvalue weighted by Crippen LogP contribution is 2.65. The Bertz CT molecular complexity index is 760. The molecule has 26 heavy (non-hydrogen) atoms. The van der Waals surface area contributed by atoms with Crippen molar-refractivity contribution < 1.29 is 14.6 Å². The van der Waals surface area contributed by atoms with Crippen LogP contribution in [0.25, 0.3) is 0 Å². The van der Waals surface area contributed by atoms with Crippen LogP contribution in [0.1, 0.15) is 56.1 Å². The second kappa shape index (κ2) is 5.17. The molecule has 6 rings (SSSR count). The van der Waals surface area contributed by atoms with E-state index in [1.54, 1.807) is 7.11 Å². The van der Waals surface area contributed by atoms with Gasteiger partial charge in [0.2, 0.25) is 0 Å². The molecule has 4 atom stereocenters. The van der Waals surface area contributed by atoms with E-state index in [2.05, 4.69) is 17.0 Å². The number of aliphatic hydroxyl groups is 1. The summed E-state index contributed by atoms with van der Waals surface area (Å²) >= 11 is 0. The Morgan fingerprint density at radius 2 is 2.12 bits per heavy atom. The Balaban J connectivity index is 1.51. The summed E-state index contributed by atoms with van der Waals surface area (Å²) in [4.78, 5) is 2.64. The van der Waals surface area contributed by atoms with Gasteiger partial charge in [-0.25, -0.2) is 0 Å². The summed E-state index contributed by atoms with van der Waals surface area (Å²) in [6.07, 6.45) is 9.23. The van der Waals surface area contributed by atoms with Crippen LogP contribution >= 0.6 is 0 Å². The van der Waals surface area contributed by atoms with E-state index in [9.17, 15) is 5.11 Å². The highest BCUT2D eigenvalue weighted by Gasteiger charge is 2.71. The molecule has 0 aromatic heterocycles. The van der Waals surface area contributed by atoms with E-state index < -0.39 is 5.60 Å². The Morgan fingerprint density at radius 1 is 1.23 bits per heavy atom. The van der Waals surface area contributed by atoms with Gasteiger partial charge in [-0.2, -0.15) is 0 Å². The summed E-state index contributed by atoms with van der Waals surface area (Å²) in [5.41, 5.74) is 1.81. The number of methoxy groups -OCH3 is 1. The van der Waals surface area contributed by atoms with E-state index >= 15 is 0 Å². The Hall–Kier alpha value is -1.26. The van der Waals surface area contributed by atoms with Crippen LogP contribution in [0.4, 0.5) is 0 Å². The van der Waals surface area contributed by atoms with Gasteiger partial charge in [-0.3, -0.25) is 4.90 Å². The first-order valence-electron chi connectivity index (χ1n) is 10.5. The van der Waals surface area contributed by atoms with E-state index in [0.29, 0.717) is 0 Å². The monoisotopic (exact) mass is 355 g/mol. The number of hydrogen-bond acceptors (Lipinski definition) is 4. The van der Waals surface area contributed by atoms with Crippen LogP contribution in [-0.2, 0) is 11.8 Å². The van der Waals surface area contributed by atoms with Gasteiger partial charge in [0.25, 0.3) is 0 Å². The van der Waals surface area contributed by atoms with Crippen molar-refractivity contribution in [2.24, 2.45) is 5.92 Å². The molecular weight excluding hydrogens is 326 g/mol. The van der Waals surface area contributed by atoms with Crippen molar-refractivity contribution in [3.05, 3.63) is 23.3 Å². The fourth-order valence-electron chi connectivity index (χ4n) is 7.00. The van der Waals surface area contributed by atoms with Crippen molar-refractivity contribution in [3.8, 4) is 11.5 Å². The first-order valence-corrected chi connectivity index (χ1v) is 10.5. The van der Waals surface area contributed by atoms with E-state index in [-0.39, 0.29) is 17.6 Å². The molecule has 4 nitrogen and oxygen atoms in total. The van der Waals surface area contributed by atoms with E-state index in [0.717, 1.165) is 56.1 Å². The molecule has 2 heterocycles. The molecule has 5 aliphatic rings. The van der Waals surface area contributed by atoms with Crippen molar-refractivity contribution in [3.63, 3.8) is 0 Å². The first kappa shape index (κ1) is 15.8. The zero-order valence-electron chi connectivity index (χ0n) is 15.7. The van der Waals surface area contributed by atoms with Gasteiger partial charge in [-0.15, -0.1) is 0 Å². The van der Waals surface area contributed by atoms with Gasteiger partial charge in [0.15, 0.2) is 11.5 Å². The predicted octanol–water partition coefficient (Wildman–Crippen LogP) is 3.04. The van der Waals surface area contributed by atoms with Crippen molar-refractivity contribution in [1.82, 2.24) is 4.90 Å². The molecule has 0 amide bonds. The molecule has 1 spiro atoms. The number of hydrogen-bond donors (Lipinski definition) is 1. The van der Waals surface area contributed by atoms with E-state index in [1.807, 2.05) is 0 Å². The molecule has 2 aliphatic heterocycles. The summed E-state index contributed by atoms with van der Waals surface area (Å²) in [6, 6.07) is 4.55. The molecule has 3 fully saturated rings. The van der Waals surface area contributed by atoms with Gasteiger partial charge in [0.05, 0.1) is 18.1 Å². The van der Waals surface area contributed by atoms with Gasteiger partial charge >= 0.3 is 0 Å². The minimum absolute atomic E-state index is 0.111. The second-order valence-electron chi connectivity index (χ2n) is 9.29. The molecule has 0 radical (unpaired) electrons. The van der Waals surface area contributed by atoms with E-state index in [4.69, 9.17) is 9.47 Å². The lowest BCUT2D eigenvalue weighted by Crippen LogP contribution is -2.75. The first-order chi connectivity index (χ1) is 12.7. The minimum atomic E-state index is -0.650. The highest BCUT2D eigenvalue weighted by molar-refractivity contribution is 5.62. The van der Waals surface area contributed by atoms with Crippen LogP contribution < -0.4 is 9.47 Å². The largest absolute Gasteiger partial charge is 0.493 e. The number of nitrogens with zero attached hydrogens (tertiary/aromatic N) is 1. The predicted molar refractivity (Wildman–Crippen MR) is 98.9 cm³/mol. The summed E-state index contributed by atoms with van der Waals surface area (Å²) in [7, 11) is 1.72. The molecule has 4 heteroatoms.